The van der Waals surface area contributed by atoms with Crippen molar-refractivity contribution in [2.45, 2.75) is 19.4 Å². The predicted octanol–water partition coefficient (Wildman–Crippen LogP) is 3.20. The Bertz CT molecular complexity index is 535. The average molecular weight is 263 g/mol. The Kier molecular flexibility index (Phi) is 4.33. The molecule has 0 saturated carbocycles. The van der Waals surface area contributed by atoms with Crippen LogP contribution in [0.3, 0.4) is 0 Å². The molecule has 0 unspecified atom stereocenters. The second-order valence-electron chi connectivity index (χ2n) is 4.49. The number of aliphatic carboxylic acids is 1. The SMILES string of the molecule is CN(CCCC(=O)O)Cc1csc2ccccc12. The van der Waals surface area contributed by atoms with E-state index in [-0.39, 0.29) is 6.42 Å². The zero-order chi connectivity index (χ0) is 13.0. The molecule has 4 heteroatoms. The molecule has 0 aliphatic heterocycles. The van der Waals surface area contributed by atoms with Crippen molar-refractivity contribution in [2.75, 3.05) is 13.6 Å². The second-order valence-corrected chi connectivity index (χ2v) is 5.40. The molecule has 96 valence electrons. The number of nitrogens with zero attached hydrogens (tertiary/aromatic N) is 1. The molecular formula is C14H17NO2S. The van der Waals surface area contributed by atoms with Crippen molar-refractivity contribution in [2.24, 2.45) is 0 Å². The monoisotopic (exact) mass is 263 g/mol. The number of fused-ring (bicyclic) bond motifs is 1. The number of hydrogen-bond acceptors (Lipinski definition) is 3. The Morgan fingerprint density at radius 2 is 2.17 bits per heavy atom. The van der Waals surface area contributed by atoms with E-state index in [9.17, 15) is 4.79 Å². The number of thiophene rings is 1. The first-order valence-corrected chi connectivity index (χ1v) is 6.90. The third kappa shape index (κ3) is 3.31. The van der Waals surface area contributed by atoms with Gasteiger partial charge in [-0.2, -0.15) is 0 Å². The van der Waals surface area contributed by atoms with E-state index < -0.39 is 5.97 Å². The summed E-state index contributed by atoms with van der Waals surface area (Å²) in [7, 11) is 2.04. The highest BCUT2D eigenvalue weighted by atomic mass is 32.1. The Morgan fingerprint density at radius 3 is 2.94 bits per heavy atom. The van der Waals surface area contributed by atoms with Crippen LogP contribution < -0.4 is 0 Å². The molecule has 0 spiro atoms. The van der Waals surface area contributed by atoms with Gasteiger partial charge in [0.15, 0.2) is 0 Å². The van der Waals surface area contributed by atoms with Gasteiger partial charge in [-0.05, 0) is 42.4 Å². The van der Waals surface area contributed by atoms with E-state index in [0.29, 0.717) is 6.42 Å². The van der Waals surface area contributed by atoms with Crippen LogP contribution in [0, 0.1) is 0 Å². The van der Waals surface area contributed by atoms with Crippen LogP contribution in [0.5, 0.6) is 0 Å². The fraction of sp³-hybridized carbons (Fsp3) is 0.357. The second kappa shape index (κ2) is 5.98. The summed E-state index contributed by atoms with van der Waals surface area (Å²) >= 11 is 1.76. The molecule has 3 nitrogen and oxygen atoms in total. The number of benzene rings is 1. The van der Waals surface area contributed by atoms with Gasteiger partial charge in [-0.1, -0.05) is 18.2 Å². The van der Waals surface area contributed by atoms with Crippen molar-refractivity contribution in [1.29, 1.82) is 0 Å². The quantitative estimate of drug-likeness (QED) is 0.870. The first-order valence-electron chi connectivity index (χ1n) is 6.02. The number of rotatable bonds is 6. The number of carbonyl (C=O) groups is 1. The maximum atomic E-state index is 10.5. The minimum atomic E-state index is -0.718. The van der Waals surface area contributed by atoms with Crippen LogP contribution in [-0.2, 0) is 11.3 Å². The molecule has 0 radical (unpaired) electrons. The molecule has 0 bridgehead atoms. The fourth-order valence-electron chi connectivity index (χ4n) is 2.03. The van der Waals surface area contributed by atoms with Crippen molar-refractivity contribution in [3.05, 3.63) is 35.2 Å². The van der Waals surface area contributed by atoms with Crippen molar-refractivity contribution in [3.8, 4) is 0 Å². The van der Waals surface area contributed by atoms with E-state index in [1.807, 2.05) is 7.05 Å². The van der Waals surface area contributed by atoms with Crippen LogP contribution in [0.2, 0.25) is 0 Å². The molecule has 18 heavy (non-hydrogen) atoms. The average Bonchev–Trinajstić information content (AvgIpc) is 2.72. The maximum Gasteiger partial charge on any atom is 0.303 e. The zero-order valence-corrected chi connectivity index (χ0v) is 11.2. The van der Waals surface area contributed by atoms with Gasteiger partial charge in [-0.3, -0.25) is 4.79 Å². The summed E-state index contributed by atoms with van der Waals surface area (Å²) in [6.07, 6.45) is 0.947. The number of hydrogen-bond donors (Lipinski definition) is 1. The summed E-state index contributed by atoms with van der Waals surface area (Å²) in [4.78, 5) is 12.6. The highest BCUT2D eigenvalue weighted by molar-refractivity contribution is 7.17. The summed E-state index contributed by atoms with van der Waals surface area (Å²) in [5, 5.41) is 12.1. The smallest absolute Gasteiger partial charge is 0.303 e. The Morgan fingerprint density at radius 1 is 1.39 bits per heavy atom. The molecule has 0 aliphatic rings. The third-order valence-electron chi connectivity index (χ3n) is 2.93. The zero-order valence-electron chi connectivity index (χ0n) is 10.4. The number of carboxylic acid groups (broad SMARTS) is 1. The van der Waals surface area contributed by atoms with Crippen molar-refractivity contribution in [3.63, 3.8) is 0 Å². The number of carboxylic acids is 1. The molecule has 0 saturated heterocycles. The van der Waals surface area contributed by atoms with Crippen LogP contribution in [0.15, 0.2) is 29.6 Å². The van der Waals surface area contributed by atoms with E-state index >= 15 is 0 Å². The van der Waals surface area contributed by atoms with Gasteiger partial charge in [0.25, 0.3) is 0 Å². The Labute approximate surface area is 111 Å². The van der Waals surface area contributed by atoms with Gasteiger partial charge < -0.3 is 10.0 Å². The summed E-state index contributed by atoms with van der Waals surface area (Å²) in [5.41, 5.74) is 1.33. The molecule has 1 aromatic heterocycles. The minimum absolute atomic E-state index is 0.245. The molecule has 0 aliphatic carbocycles. The molecule has 1 heterocycles. The first-order chi connectivity index (χ1) is 8.66. The molecular weight excluding hydrogens is 246 g/mol. The molecule has 1 N–H and O–H groups in total. The van der Waals surface area contributed by atoms with E-state index in [1.54, 1.807) is 11.3 Å². The van der Waals surface area contributed by atoms with Gasteiger partial charge in [0.2, 0.25) is 0 Å². The van der Waals surface area contributed by atoms with Gasteiger partial charge in [-0.15, -0.1) is 11.3 Å². The van der Waals surface area contributed by atoms with Gasteiger partial charge in [-0.25, -0.2) is 0 Å². The molecule has 0 amide bonds. The summed E-state index contributed by atoms with van der Waals surface area (Å²) in [6.45, 7) is 1.69. The lowest BCUT2D eigenvalue weighted by Crippen LogP contribution is -2.19. The first kappa shape index (κ1) is 13.1. The van der Waals surface area contributed by atoms with Crippen molar-refractivity contribution < 1.29 is 9.90 Å². The molecule has 0 fully saturated rings. The van der Waals surface area contributed by atoms with E-state index in [4.69, 9.17) is 5.11 Å². The fourth-order valence-corrected chi connectivity index (χ4v) is 2.98. The highest BCUT2D eigenvalue weighted by Crippen LogP contribution is 2.26. The van der Waals surface area contributed by atoms with E-state index in [1.165, 1.54) is 15.6 Å². The normalized spacial score (nSPS) is 11.2. The summed E-state index contributed by atoms with van der Waals surface area (Å²) in [6, 6.07) is 8.39. The lowest BCUT2D eigenvalue weighted by atomic mass is 10.1. The highest BCUT2D eigenvalue weighted by Gasteiger charge is 2.07. The van der Waals surface area contributed by atoms with Gasteiger partial charge in [0.1, 0.15) is 0 Å². The van der Waals surface area contributed by atoms with Crippen LogP contribution >= 0.6 is 11.3 Å². The van der Waals surface area contributed by atoms with Crippen LogP contribution in [0.4, 0.5) is 0 Å². The van der Waals surface area contributed by atoms with Crippen LogP contribution in [0.25, 0.3) is 10.1 Å². The largest absolute Gasteiger partial charge is 0.481 e. The minimum Gasteiger partial charge on any atom is -0.481 e. The van der Waals surface area contributed by atoms with Crippen LogP contribution in [0.1, 0.15) is 18.4 Å². The lowest BCUT2D eigenvalue weighted by Gasteiger charge is -2.15. The van der Waals surface area contributed by atoms with Gasteiger partial charge in [0.05, 0.1) is 0 Å². The van der Waals surface area contributed by atoms with Crippen LogP contribution in [-0.4, -0.2) is 29.6 Å². The summed E-state index contributed by atoms with van der Waals surface area (Å²) in [5.74, 6) is -0.718. The standard InChI is InChI=1S/C14H17NO2S/c1-15(8-4-7-14(16)17)9-11-10-18-13-6-3-2-5-12(11)13/h2-3,5-6,10H,4,7-9H2,1H3,(H,16,17). The van der Waals surface area contributed by atoms with Crippen molar-refractivity contribution >= 4 is 27.4 Å². The lowest BCUT2D eigenvalue weighted by molar-refractivity contribution is -0.137. The Balaban J connectivity index is 1.94. The maximum absolute atomic E-state index is 10.5. The molecule has 2 aromatic rings. The Hall–Kier alpha value is -1.39. The van der Waals surface area contributed by atoms with Gasteiger partial charge in [0, 0.05) is 17.7 Å². The van der Waals surface area contributed by atoms with Gasteiger partial charge >= 0.3 is 5.97 Å². The van der Waals surface area contributed by atoms with E-state index in [2.05, 4.69) is 34.5 Å². The molecule has 1 aromatic carbocycles. The topological polar surface area (TPSA) is 40.5 Å². The summed E-state index contributed by atoms with van der Waals surface area (Å²) < 4.78 is 1.31. The third-order valence-corrected chi connectivity index (χ3v) is 3.94. The predicted molar refractivity (Wildman–Crippen MR) is 75.0 cm³/mol. The molecule has 0 atom stereocenters. The van der Waals surface area contributed by atoms with Crippen molar-refractivity contribution in [1.82, 2.24) is 4.90 Å². The molecule has 2 rings (SSSR count). The van der Waals surface area contributed by atoms with E-state index in [0.717, 1.165) is 13.1 Å².